The van der Waals surface area contributed by atoms with Gasteiger partial charge in [-0.15, -0.1) is 0 Å². The smallest absolute Gasteiger partial charge is 0.244 e. The number of hydrogen-bond acceptors (Lipinski definition) is 4. The summed E-state index contributed by atoms with van der Waals surface area (Å²) in [5, 5.41) is 0. The molecule has 1 aromatic carbocycles. The summed E-state index contributed by atoms with van der Waals surface area (Å²) in [6.45, 7) is 3.49. The molecule has 1 unspecified atom stereocenters. The van der Waals surface area contributed by atoms with E-state index in [0.717, 1.165) is 63.2 Å². The van der Waals surface area contributed by atoms with E-state index >= 15 is 0 Å². The summed E-state index contributed by atoms with van der Waals surface area (Å²) >= 11 is 0. The van der Waals surface area contributed by atoms with Gasteiger partial charge in [0.25, 0.3) is 0 Å². The van der Waals surface area contributed by atoms with Gasteiger partial charge < -0.3 is 9.64 Å². The fraction of sp³-hybridized carbons (Fsp3) is 0.455. The molecule has 2 aromatic rings. The van der Waals surface area contributed by atoms with Crippen molar-refractivity contribution in [1.82, 2.24) is 14.8 Å². The zero-order valence-corrected chi connectivity index (χ0v) is 15.9. The first-order valence-electron chi connectivity index (χ1n) is 9.85. The number of nitrogens with zero attached hydrogens (tertiary/aromatic N) is 3. The minimum Gasteiger partial charge on any atom is -0.497 e. The van der Waals surface area contributed by atoms with Crippen molar-refractivity contribution in [2.45, 2.75) is 31.7 Å². The molecule has 3 heterocycles. The van der Waals surface area contributed by atoms with Gasteiger partial charge in [0.05, 0.1) is 7.11 Å². The third-order valence-electron chi connectivity index (χ3n) is 5.77. The topological polar surface area (TPSA) is 45.7 Å². The highest BCUT2D eigenvalue weighted by Crippen LogP contribution is 2.28. The molecule has 0 saturated carbocycles. The van der Waals surface area contributed by atoms with Gasteiger partial charge in [0.1, 0.15) is 11.8 Å². The Balaban J connectivity index is 1.55. The summed E-state index contributed by atoms with van der Waals surface area (Å²) in [5.41, 5.74) is 3.63. The number of rotatable bonds is 4. The van der Waals surface area contributed by atoms with Crippen molar-refractivity contribution in [3.05, 3.63) is 59.4 Å². The Morgan fingerprint density at radius 2 is 1.85 bits per heavy atom. The second-order valence-electron chi connectivity index (χ2n) is 7.39. The van der Waals surface area contributed by atoms with Crippen LogP contribution in [0.15, 0.2) is 42.7 Å². The zero-order chi connectivity index (χ0) is 18.6. The molecule has 5 nitrogen and oxygen atoms in total. The molecular weight excluding hydrogens is 338 g/mol. The molecule has 142 valence electrons. The first-order chi connectivity index (χ1) is 13.3. The summed E-state index contributed by atoms with van der Waals surface area (Å²) in [5.74, 6) is 1.10. The van der Waals surface area contributed by atoms with Crippen LogP contribution in [0.4, 0.5) is 0 Å². The van der Waals surface area contributed by atoms with E-state index in [1.165, 1.54) is 11.1 Å². The number of likely N-dealkylation sites (tertiary alicyclic amines) is 1. The molecule has 27 heavy (non-hydrogen) atoms. The predicted octanol–water partition coefficient (Wildman–Crippen LogP) is 2.85. The third-order valence-corrected chi connectivity index (χ3v) is 5.77. The lowest BCUT2D eigenvalue weighted by Gasteiger charge is -2.32. The molecule has 1 amide bonds. The van der Waals surface area contributed by atoms with Gasteiger partial charge in [-0.3, -0.25) is 14.7 Å². The van der Waals surface area contributed by atoms with Crippen molar-refractivity contribution in [3.63, 3.8) is 0 Å². The van der Waals surface area contributed by atoms with E-state index in [2.05, 4.69) is 22.0 Å². The van der Waals surface area contributed by atoms with E-state index in [0.29, 0.717) is 0 Å². The highest BCUT2D eigenvalue weighted by Gasteiger charge is 2.33. The van der Waals surface area contributed by atoms with Gasteiger partial charge in [-0.05, 0) is 73.7 Å². The molecule has 0 radical (unpaired) electrons. The number of aromatic nitrogens is 1. The van der Waals surface area contributed by atoms with Gasteiger partial charge >= 0.3 is 0 Å². The van der Waals surface area contributed by atoms with Crippen molar-refractivity contribution in [2.24, 2.45) is 0 Å². The van der Waals surface area contributed by atoms with Crippen molar-refractivity contribution in [2.75, 3.05) is 33.3 Å². The van der Waals surface area contributed by atoms with Crippen LogP contribution in [-0.2, 0) is 17.6 Å². The molecule has 4 rings (SSSR count). The maximum Gasteiger partial charge on any atom is 0.244 e. The van der Waals surface area contributed by atoms with E-state index in [4.69, 9.17) is 4.74 Å². The van der Waals surface area contributed by atoms with E-state index in [1.54, 1.807) is 13.3 Å². The Morgan fingerprint density at radius 1 is 1.07 bits per heavy atom. The Hall–Kier alpha value is -2.40. The molecule has 0 bridgehead atoms. The summed E-state index contributed by atoms with van der Waals surface area (Å²) in [6.07, 6.45) is 7.71. The average molecular weight is 365 g/mol. The maximum absolute atomic E-state index is 13.5. The van der Waals surface area contributed by atoms with E-state index in [1.807, 2.05) is 29.3 Å². The van der Waals surface area contributed by atoms with Crippen LogP contribution in [0.25, 0.3) is 0 Å². The number of benzene rings is 1. The van der Waals surface area contributed by atoms with E-state index < -0.39 is 0 Å². The lowest BCUT2D eigenvalue weighted by Crippen LogP contribution is -2.43. The molecule has 0 aliphatic carbocycles. The number of amides is 1. The number of pyridine rings is 1. The Morgan fingerprint density at radius 3 is 2.56 bits per heavy atom. The van der Waals surface area contributed by atoms with Crippen LogP contribution in [0, 0.1) is 0 Å². The van der Waals surface area contributed by atoms with Crippen molar-refractivity contribution < 1.29 is 9.53 Å². The summed E-state index contributed by atoms with van der Waals surface area (Å²) < 4.78 is 5.36. The molecule has 5 heteroatoms. The van der Waals surface area contributed by atoms with Gasteiger partial charge in [-0.2, -0.15) is 0 Å². The minimum atomic E-state index is -0.211. The zero-order valence-electron chi connectivity index (χ0n) is 15.9. The van der Waals surface area contributed by atoms with Crippen LogP contribution >= 0.6 is 0 Å². The fourth-order valence-corrected chi connectivity index (χ4v) is 4.27. The molecule has 1 saturated heterocycles. The van der Waals surface area contributed by atoms with E-state index in [-0.39, 0.29) is 11.9 Å². The van der Waals surface area contributed by atoms with Gasteiger partial charge in [0.2, 0.25) is 5.91 Å². The lowest BCUT2D eigenvalue weighted by molar-refractivity contribution is -0.136. The molecule has 0 spiro atoms. The van der Waals surface area contributed by atoms with Crippen LogP contribution in [0.5, 0.6) is 5.75 Å². The number of ether oxygens (including phenoxy) is 1. The lowest BCUT2D eigenvalue weighted by atomic mass is 10.0. The standard InChI is InChI=1S/C22H27N3O2/c1-27-20-7-6-17-8-13-25(14-9-18(17)15-20)22(26)21(24-11-2-3-12-24)19-5-4-10-23-16-19/h4-7,10,15-16,21H,2-3,8-9,11-14H2,1H3. The summed E-state index contributed by atoms with van der Waals surface area (Å²) in [6, 6.07) is 10.0. The number of carbonyl (C=O) groups excluding carboxylic acids is 1. The molecule has 2 aliphatic heterocycles. The predicted molar refractivity (Wildman–Crippen MR) is 105 cm³/mol. The fourth-order valence-electron chi connectivity index (χ4n) is 4.27. The first-order valence-corrected chi connectivity index (χ1v) is 9.85. The summed E-state index contributed by atoms with van der Waals surface area (Å²) in [4.78, 5) is 22.2. The monoisotopic (exact) mass is 365 g/mol. The molecular formula is C22H27N3O2. The minimum absolute atomic E-state index is 0.211. The molecule has 1 aromatic heterocycles. The summed E-state index contributed by atoms with van der Waals surface area (Å²) in [7, 11) is 1.70. The SMILES string of the molecule is COc1ccc2c(c1)CCN(C(=O)C(c1cccnc1)N1CCCC1)CC2. The molecule has 0 N–H and O–H groups in total. The highest BCUT2D eigenvalue weighted by atomic mass is 16.5. The van der Waals surface area contributed by atoms with Crippen LogP contribution in [0.2, 0.25) is 0 Å². The number of hydrogen-bond donors (Lipinski definition) is 0. The van der Waals surface area contributed by atoms with Crippen LogP contribution in [-0.4, -0.2) is 54.0 Å². The van der Waals surface area contributed by atoms with Crippen LogP contribution in [0.1, 0.15) is 35.6 Å². The molecule has 1 fully saturated rings. The molecule has 2 aliphatic rings. The van der Waals surface area contributed by atoms with Gasteiger partial charge in [-0.1, -0.05) is 12.1 Å². The van der Waals surface area contributed by atoms with E-state index in [9.17, 15) is 4.79 Å². The Kier molecular flexibility index (Phi) is 5.39. The first kappa shape index (κ1) is 18.0. The van der Waals surface area contributed by atoms with Crippen LogP contribution < -0.4 is 4.74 Å². The van der Waals surface area contributed by atoms with Crippen molar-refractivity contribution in [1.29, 1.82) is 0 Å². The second kappa shape index (κ2) is 8.09. The third kappa shape index (κ3) is 3.83. The average Bonchev–Trinajstić information content (AvgIpc) is 3.14. The number of carbonyl (C=O) groups is 1. The normalized spacial score (nSPS) is 18.6. The van der Waals surface area contributed by atoms with Crippen molar-refractivity contribution in [3.8, 4) is 5.75 Å². The molecule has 1 atom stereocenters. The quantitative estimate of drug-likeness (QED) is 0.836. The Labute approximate surface area is 161 Å². The number of methoxy groups -OCH3 is 1. The largest absolute Gasteiger partial charge is 0.497 e. The van der Waals surface area contributed by atoms with Gasteiger partial charge in [0.15, 0.2) is 0 Å². The van der Waals surface area contributed by atoms with Crippen molar-refractivity contribution >= 4 is 5.91 Å². The highest BCUT2D eigenvalue weighted by molar-refractivity contribution is 5.83. The maximum atomic E-state index is 13.5. The van der Waals surface area contributed by atoms with Gasteiger partial charge in [-0.25, -0.2) is 0 Å². The second-order valence-corrected chi connectivity index (χ2v) is 7.39. The van der Waals surface area contributed by atoms with Gasteiger partial charge in [0, 0.05) is 25.5 Å². The number of fused-ring (bicyclic) bond motifs is 1. The van der Waals surface area contributed by atoms with Crippen LogP contribution in [0.3, 0.4) is 0 Å². The Bertz CT molecular complexity index is 787.